The highest BCUT2D eigenvalue weighted by molar-refractivity contribution is 4.81. The molecule has 2 heteroatoms. The molecule has 0 radical (unpaired) electrons. The minimum atomic E-state index is -0.885. The molecule has 66 valence electrons. The number of piperidine rings is 1. The van der Waals surface area contributed by atoms with Gasteiger partial charge in [0.25, 0.3) is 0 Å². The van der Waals surface area contributed by atoms with Crippen molar-refractivity contribution >= 4 is 0 Å². The first kappa shape index (κ1) is 8.98. The van der Waals surface area contributed by atoms with Gasteiger partial charge < -0.3 is 4.90 Å². The maximum atomic E-state index is 13.3. The lowest BCUT2D eigenvalue weighted by Gasteiger charge is -2.33. The average molecular weight is 159 g/mol. The van der Waals surface area contributed by atoms with Gasteiger partial charge in [-0.3, -0.25) is 0 Å². The highest BCUT2D eigenvalue weighted by Crippen LogP contribution is 2.25. The van der Waals surface area contributed by atoms with E-state index in [0.717, 1.165) is 19.6 Å². The van der Waals surface area contributed by atoms with E-state index in [0.29, 0.717) is 12.8 Å². The van der Waals surface area contributed by atoms with E-state index in [1.54, 1.807) is 6.92 Å². The lowest BCUT2D eigenvalue weighted by Crippen LogP contribution is -2.40. The summed E-state index contributed by atoms with van der Waals surface area (Å²) in [5.41, 5.74) is -0.885. The second-order valence-electron chi connectivity index (χ2n) is 3.75. The molecular weight excluding hydrogens is 141 g/mol. The van der Waals surface area contributed by atoms with Gasteiger partial charge in [-0.05, 0) is 32.7 Å². The smallest absolute Gasteiger partial charge is 0.110 e. The van der Waals surface area contributed by atoms with Gasteiger partial charge in [-0.15, -0.1) is 0 Å². The number of hydrogen-bond acceptors (Lipinski definition) is 1. The lowest BCUT2D eigenvalue weighted by molar-refractivity contribution is 0.0743. The Labute approximate surface area is 68.6 Å². The molecule has 1 saturated heterocycles. The van der Waals surface area contributed by atoms with Crippen LogP contribution in [0.1, 0.15) is 33.1 Å². The molecule has 11 heavy (non-hydrogen) atoms. The molecule has 1 nitrogen and oxygen atoms in total. The van der Waals surface area contributed by atoms with E-state index in [2.05, 4.69) is 11.8 Å². The predicted octanol–water partition coefficient (Wildman–Crippen LogP) is 2.22. The molecule has 1 heterocycles. The van der Waals surface area contributed by atoms with Gasteiger partial charge in [0.2, 0.25) is 0 Å². The maximum absolute atomic E-state index is 13.3. The first-order chi connectivity index (χ1) is 5.14. The van der Waals surface area contributed by atoms with Crippen molar-refractivity contribution in [1.82, 2.24) is 4.90 Å². The predicted molar refractivity (Wildman–Crippen MR) is 45.5 cm³/mol. The largest absolute Gasteiger partial charge is 0.303 e. The van der Waals surface area contributed by atoms with Crippen LogP contribution < -0.4 is 0 Å². The van der Waals surface area contributed by atoms with Gasteiger partial charge in [-0.1, -0.05) is 6.92 Å². The van der Waals surface area contributed by atoms with Crippen LogP contribution in [-0.2, 0) is 0 Å². The standard InChI is InChI=1S/C9H18FN/c1-3-6-11-7-4-9(2,10)5-8-11/h3-8H2,1-2H3. The van der Waals surface area contributed by atoms with Gasteiger partial charge in [0, 0.05) is 13.1 Å². The zero-order valence-corrected chi connectivity index (χ0v) is 7.57. The minimum Gasteiger partial charge on any atom is -0.303 e. The number of hydrogen-bond donors (Lipinski definition) is 0. The zero-order valence-electron chi connectivity index (χ0n) is 7.57. The Morgan fingerprint density at radius 1 is 1.36 bits per heavy atom. The van der Waals surface area contributed by atoms with Crippen LogP contribution in [0.2, 0.25) is 0 Å². The molecule has 0 atom stereocenters. The van der Waals surface area contributed by atoms with Crippen LogP contribution in [-0.4, -0.2) is 30.2 Å². The number of rotatable bonds is 2. The Bertz CT molecular complexity index is 113. The van der Waals surface area contributed by atoms with E-state index < -0.39 is 5.67 Å². The second-order valence-corrected chi connectivity index (χ2v) is 3.75. The fourth-order valence-electron chi connectivity index (χ4n) is 1.56. The summed E-state index contributed by atoms with van der Waals surface area (Å²) in [6, 6.07) is 0. The number of halogens is 1. The Morgan fingerprint density at radius 3 is 2.36 bits per heavy atom. The molecule has 0 aromatic heterocycles. The first-order valence-corrected chi connectivity index (χ1v) is 4.55. The van der Waals surface area contributed by atoms with E-state index in [1.165, 1.54) is 6.42 Å². The summed E-state index contributed by atoms with van der Waals surface area (Å²) >= 11 is 0. The maximum Gasteiger partial charge on any atom is 0.110 e. The van der Waals surface area contributed by atoms with Crippen molar-refractivity contribution in [3.05, 3.63) is 0 Å². The molecule has 0 spiro atoms. The monoisotopic (exact) mass is 159 g/mol. The van der Waals surface area contributed by atoms with Crippen molar-refractivity contribution in [3.8, 4) is 0 Å². The van der Waals surface area contributed by atoms with Crippen LogP contribution in [0.3, 0.4) is 0 Å². The lowest BCUT2D eigenvalue weighted by atomic mass is 9.96. The van der Waals surface area contributed by atoms with Gasteiger partial charge in [0.05, 0.1) is 0 Å². The number of alkyl halides is 1. The van der Waals surface area contributed by atoms with Crippen LogP contribution >= 0.6 is 0 Å². The van der Waals surface area contributed by atoms with Crippen molar-refractivity contribution in [2.75, 3.05) is 19.6 Å². The molecule has 0 bridgehead atoms. The van der Waals surface area contributed by atoms with Gasteiger partial charge in [-0.25, -0.2) is 4.39 Å². The minimum absolute atomic E-state index is 0.715. The molecule has 1 fully saturated rings. The number of likely N-dealkylation sites (tertiary alicyclic amines) is 1. The van der Waals surface area contributed by atoms with Crippen LogP contribution in [0.5, 0.6) is 0 Å². The molecule has 0 aromatic rings. The summed E-state index contributed by atoms with van der Waals surface area (Å²) in [5.74, 6) is 0. The summed E-state index contributed by atoms with van der Waals surface area (Å²) in [7, 11) is 0. The molecule has 0 amide bonds. The molecule has 1 aliphatic heterocycles. The summed E-state index contributed by atoms with van der Waals surface area (Å²) in [6.07, 6.45) is 2.61. The SMILES string of the molecule is CCCN1CCC(C)(F)CC1. The van der Waals surface area contributed by atoms with Crippen molar-refractivity contribution in [1.29, 1.82) is 0 Å². The Balaban J connectivity index is 2.25. The Hall–Kier alpha value is -0.110. The molecule has 1 aliphatic rings. The molecule has 0 unspecified atom stereocenters. The van der Waals surface area contributed by atoms with Gasteiger partial charge in [0.15, 0.2) is 0 Å². The highest BCUT2D eigenvalue weighted by atomic mass is 19.1. The third-order valence-corrected chi connectivity index (χ3v) is 2.44. The quantitative estimate of drug-likeness (QED) is 0.597. The molecule has 0 aromatic carbocycles. The third-order valence-electron chi connectivity index (χ3n) is 2.44. The fraction of sp³-hybridized carbons (Fsp3) is 1.00. The fourth-order valence-corrected chi connectivity index (χ4v) is 1.56. The molecule has 0 aliphatic carbocycles. The molecule has 0 N–H and O–H groups in total. The Morgan fingerprint density at radius 2 is 1.91 bits per heavy atom. The van der Waals surface area contributed by atoms with E-state index in [9.17, 15) is 4.39 Å². The Kier molecular flexibility index (Phi) is 2.88. The van der Waals surface area contributed by atoms with E-state index in [1.807, 2.05) is 0 Å². The van der Waals surface area contributed by atoms with Crippen molar-refractivity contribution in [2.45, 2.75) is 38.8 Å². The summed E-state index contributed by atoms with van der Waals surface area (Å²) < 4.78 is 13.3. The van der Waals surface area contributed by atoms with Gasteiger partial charge >= 0.3 is 0 Å². The molecule has 1 rings (SSSR count). The molecule has 0 saturated carbocycles. The van der Waals surface area contributed by atoms with Crippen molar-refractivity contribution < 1.29 is 4.39 Å². The summed E-state index contributed by atoms with van der Waals surface area (Å²) in [5, 5.41) is 0. The van der Waals surface area contributed by atoms with E-state index in [-0.39, 0.29) is 0 Å². The van der Waals surface area contributed by atoms with Crippen LogP contribution in [0.25, 0.3) is 0 Å². The van der Waals surface area contributed by atoms with Gasteiger partial charge in [0.1, 0.15) is 5.67 Å². The van der Waals surface area contributed by atoms with Crippen LogP contribution in [0, 0.1) is 0 Å². The van der Waals surface area contributed by atoms with E-state index >= 15 is 0 Å². The van der Waals surface area contributed by atoms with Crippen molar-refractivity contribution in [2.24, 2.45) is 0 Å². The second kappa shape index (κ2) is 3.53. The topological polar surface area (TPSA) is 3.24 Å². The zero-order chi connectivity index (χ0) is 8.32. The highest BCUT2D eigenvalue weighted by Gasteiger charge is 2.28. The average Bonchev–Trinajstić information content (AvgIpc) is 1.94. The molecular formula is C9H18FN. The first-order valence-electron chi connectivity index (χ1n) is 4.55. The normalized spacial score (nSPS) is 25.4. The third kappa shape index (κ3) is 2.78. The summed E-state index contributed by atoms with van der Waals surface area (Å²) in [4.78, 5) is 2.35. The van der Waals surface area contributed by atoms with E-state index in [4.69, 9.17) is 0 Å². The van der Waals surface area contributed by atoms with Gasteiger partial charge in [-0.2, -0.15) is 0 Å². The van der Waals surface area contributed by atoms with Crippen LogP contribution in [0.4, 0.5) is 4.39 Å². The number of nitrogens with zero attached hydrogens (tertiary/aromatic N) is 1. The van der Waals surface area contributed by atoms with Crippen LogP contribution in [0.15, 0.2) is 0 Å². The summed E-state index contributed by atoms with van der Waals surface area (Å²) in [6.45, 7) is 6.91. The van der Waals surface area contributed by atoms with Crippen molar-refractivity contribution in [3.63, 3.8) is 0 Å².